The fourth-order valence-electron chi connectivity index (χ4n) is 2.57. The predicted molar refractivity (Wildman–Crippen MR) is 105 cm³/mol. The zero-order chi connectivity index (χ0) is 18.2. The van der Waals surface area contributed by atoms with Crippen LogP contribution < -0.4 is 4.74 Å². The standard InChI is InChI=1S/C22H20O3S/c1-3-13-24-14-18-15-25-22(17-9-11-19(23-2)12-10-17)21(18)16-26-20-7-5-4-6-8-20/h1,4-12,15H,13-14,16H2,2H3. The number of ether oxygens (including phenoxy) is 2. The number of hydrogen-bond acceptors (Lipinski definition) is 4. The van der Waals surface area contributed by atoms with E-state index in [2.05, 4.69) is 18.1 Å². The molecule has 2 aromatic carbocycles. The fourth-order valence-corrected chi connectivity index (χ4v) is 3.55. The van der Waals surface area contributed by atoms with Gasteiger partial charge in [0.15, 0.2) is 0 Å². The fraction of sp³-hybridized carbons (Fsp3) is 0.182. The average molecular weight is 364 g/mol. The molecule has 0 atom stereocenters. The van der Waals surface area contributed by atoms with Crippen LogP contribution in [0.25, 0.3) is 11.3 Å². The summed E-state index contributed by atoms with van der Waals surface area (Å²) < 4.78 is 16.6. The molecule has 0 unspecified atom stereocenters. The van der Waals surface area contributed by atoms with Gasteiger partial charge < -0.3 is 13.9 Å². The summed E-state index contributed by atoms with van der Waals surface area (Å²) in [7, 11) is 1.66. The number of terminal acetylenes is 1. The molecule has 0 amide bonds. The lowest BCUT2D eigenvalue weighted by Gasteiger charge is -2.07. The van der Waals surface area contributed by atoms with Crippen LogP contribution in [0.15, 0.2) is 70.2 Å². The van der Waals surface area contributed by atoms with E-state index in [0.29, 0.717) is 6.61 Å². The molecule has 0 radical (unpaired) electrons. The number of rotatable bonds is 8. The van der Waals surface area contributed by atoms with Crippen molar-refractivity contribution in [3.05, 3.63) is 72.0 Å². The van der Waals surface area contributed by atoms with Gasteiger partial charge in [-0.25, -0.2) is 0 Å². The van der Waals surface area contributed by atoms with Gasteiger partial charge in [-0.05, 0) is 36.4 Å². The molecule has 3 rings (SSSR count). The Labute approximate surface area is 158 Å². The summed E-state index contributed by atoms with van der Waals surface area (Å²) in [6.45, 7) is 0.725. The lowest BCUT2D eigenvalue weighted by atomic mass is 10.1. The van der Waals surface area contributed by atoms with Gasteiger partial charge in [0.05, 0.1) is 20.0 Å². The highest BCUT2D eigenvalue weighted by Gasteiger charge is 2.16. The summed E-state index contributed by atoms with van der Waals surface area (Å²) >= 11 is 1.77. The van der Waals surface area contributed by atoms with Crippen LogP contribution in [0, 0.1) is 12.3 Å². The van der Waals surface area contributed by atoms with Crippen molar-refractivity contribution in [1.82, 2.24) is 0 Å². The van der Waals surface area contributed by atoms with Crippen molar-refractivity contribution in [2.24, 2.45) is 0 Å². The van der Waals surface area contributed by atoms with Gasteiger partial charge in [-0.3, -0.25) is 0 Å². The van der Waals surface area contributed by atoms with Crippen molar-refractivity contribution < 1.29 is 13.9 Å². The van der Waals surface area contributed by atoms with Crippen molar-refractivity contribution in [3.8, 4) is 29.4 Å². The van der Waals surface area contributed by atoms with Crippen LogP contribution in [0.1, 0.15) is 11.1 Å². The van der Waals surface area contributed by atoms with Crippen LogP contribution in [0.3, 0.4) is 0 Å². The Hall–Kier alpha value is -2.61. The Morgan fingerprint density at radius 2 is 1.85 bits per heavy atom. The number of furan rings is 1. The van der Waals surface area contributed by atoms with Gasteiger partial charge >= 0.3 is 0 Å². The molecule has 3 aromatic rings. The molecule has 0 bridgehead atoms. The van der Waals surface area contributed by atoms with E-state index in [9.17, 15) is 0 Å². The Kier molecular flexibility index (Phi) is 6.43. The van der Waals surface area contributed by atoms with Gasteiger partial charge in [0.1, 0.15) is 18.1 Å². The molecule has 0 aliphatic carbocycles. The third-order valence-electron chi connectivity index (χ3n) is 3.90. The van der Waals surface area contributed by atoms with Crippen molar-refractivity contribution in [2.45, 2.75) is 17.3 Å². The number of thioether (sulfide) groups is 1. The minimum absolute atomic E-state index is 0.286. The third kappa shape index (κ3) is 4.51. The molecule has 0 aliphatic heterocycles. The van der Waals surface area contributed by atoms with Gasteiger partial charge in [-0.2, -0.15) is 0 Å². The highest BCUT2D eigenvalue weighted by atomic mass is 32.2. The lowest BCUT2D eigenvalue weighted by molar-refractivity contribution is 0.152. The van der Waals surface area contributed by atoms with Crippen molar-refractivity contribution in [3.63, 3.8) is 0 Å². The molecule has 4 heteroatoms. The van der Waals surface area contributed by atoms with Crippen molar-refractivity contribution in [1.29, 1.82) is 0 Å². The van der Waals surface area contributed by atoms with Gasteiger partial charge in [-0.1, -0.05) is 24.1 Å². The zero-order valence-electron chi connectivity index (χ0n) is 14.6. The zero-order valence-corrected chi connectivity index (χ0v) is 15.4. The van der Waals surface area contributed by atoms with Gasteiger partial charge in [-0.15, -0.1) is 18.2 Å². The summed E-state index contributed by atoms with van der Waals surface area (Å²) in [6.07, 6.45) is 7.04. The molecule has 0 fully saturated rings. The number of methoxy groups -OCH3 is 1. The van der Waals surface area contributed by atoms with Gasteiger partial charge in [0.25, 0.3) is 0 Å². The van der Waals surface area contributed by atoms with Crippen LogP contribution in [-0.4, -0.2) is 13.7 Å². The smallest absolute Gasteiger partial charge is 0.138 e. The molecular weight excluding hydrogens is 344 g/mol. The van der Waals surface area contributed by atoms with E-state index in [1.807, 2.05) is 42.5 Å². The molecular formula is C22H20O3S. The first-order chi connectivity index (χ1) is 12.8. The molecule has 3 nitrogen and oxygen atoms in total. The summed E-state index contributed by atoms with van der Waals surface area (Å²) in [4.78, 5) is 1.21. The maximum absolute atomic E-state index is 5.89. The highest BCUT2D eigenvalue weighted by molar-refractivity contribution is 7.98. The Balaban J connectivity index is 1.86. The minimum atomic E-state index is 0.286. The van der Waals surface area contributed by atoms with Crippen LogP contribution in [0.2, 0.25) is 0 Å². The van der Waals surface area contributed by atoms with E-state index in [-0.39, 0.29) is 6.61 Å². The normalized spacial score (nSPS) is 10.5. The molecule has 132 valence electrons. The quantitative estimate of drug-likeness (QED) is 0.304. The van der Waals surface area contributed by atoms with Crippen LogP contribution in [-0.2, 0) is 17.1 Å². The molecule has 0 saturated heterocycles. The van der Waals surface area contributed by atoms with Gasteiger partial charge in [0.2, 0.25) is 0 Å². The van der Waals surface area contributed by atoms with E-state index in [1.165, 1.54) is 4.90 Å². The van der Waals surface area contributed by atoms with Crippen LogP contribution in [0.4, 0.5) is 0 Å². The molecule has 26 heavy (non-hydrogen) atoms. The second-order valence-corrected chi connectivity index (χ2v) is 6.64. The van der Waals surface area contributed by atoms with Crippen molar-refractivity contribution in [2.75, 3.05) is 13.7 Å². The SMILES string of the molecule is C#CCOCc1coc(-c2ccc(OC)cc2)c1CSc1ccccc1. The summed E-state index contributed by atoms with van der Waals surface area (Å²) in [5.41, 5.74) is 3.16. The summed E-state index contributed by atoms with van der Waals surface area (Å²) in [5, 5.41) is 0. The molecule has 0 saturated carbocycles. The van der Waals surface area contributed by atoms with E-state index < -0.39 is 0 Å². The van der Waals surface area contributed by atoms with Crippen LogP contribution in [0.5, 0.6) is 5.75 Å². The lowest BCUT2D eigenvalue weighted by Crippen LogP contribution is -1.96. The average Bonchev–Trinajstić information content (AvgIpc) is 3.10. The van der Waals surface area contributed by atoms with Gasteiger partial charge in [0, 0.05) is 27.3 Å². The van der Waals surface area contributed by atoms with Crippen molar-refractivity contribution >= 4 is 11.8 Å². The molecule has 0 spiro atoms. The number of benzene rings is 2. The third-order valence-corrected chi connectivity index (χ3v) is 4.94. The Morgan fingerprint density at radius 1 is 1.08 bits per heavy atom. The summed E-state index contributed by atoms with van der Waals surface area (Å²) in [5.74, 6) is 4.96. The topological polar surface area (TPSA) is 31.6 Å². The maximum atomic E-state index is 5.89. The second kappa shape index (κ2) is 9.19. The first-order valence-electron chi connectivity index (χ1n) is 8.24. The largest absolute Gasteiger partial charge is 0.497 e. The highest BCUT2D eigenvalue weighted by Crippen LogP contribution is 2.34. The first-order valence-corrected chi connectivity index (χ1v) is 9.23. The molecule has 0 N–H and O–H groups in total. The van der Waals surface area contributed by atoms with E-state index in [4.69, 9.17) is 20.3 Å². The second-order valence-electron chi connectivity index (χ2n) is 5.60. The Morgan fingerprint density at radius 3 is 2.54 bits per heavy atom. The first kappa shape index (κ1) is 18.2. The summed E-state index contributed by atoms with van der Waals surface area (Å²) in [6, 6.07) is 18.2. The van der Waals surface area contributed by atoms with E-state index in [1.54, 1.807) is 25.1 Å². The van der Waals surface area contributed by atoms with Crippen LogP contribution >= 0.6 is 11.8 Å². The Bertz CT molecular complexity index is 861. The van der Waals surface area contributed by atoms with E-state index in [0.717, 1.165) is 34.0 Å². The number of hydrogen-bond donors (Lipinski definition) is 0. The molecule has 0 aliphatic rings. The predicted octanol–water partition coefficient (Wildman–Crippen LogP) is 5.40. The monoisotopic (exact) mass is 364 g/mol. The van der Waals surface area contributed by atoms with E-state index >= 15 is 0 Å². The minimum Gasteiger partial charge on any atom is -0.497 e. The molecule has 1 heterocycles. The molecule has 1 aromatic heterocycles. The maximum Gasteiger partial charge on any atom is 0.138 e.